The summed E-state index contributed by atoms with van der Waals surface area (Å²) in [6, 6.07) is 3.23. The van der Waals surface area contributed by atoms with Crippen molar-refractivity contribution in [3.63, 3.8) is 0 Å². The molecular formula is C19H24F2N4O3. The zero-order chi connectivity index (χ0) is 20.9. The minimum Gasteiger partial charge on any atom is -0.489 e. The third-order valence-corrected chi connectivity index (χ3v) is 3.81. The van der Waals surface area contributed by atoms with E-state index in [1.165, 1.54) is 13.2 Å². The molecule has 2 aromatic rings. The van der Waals surface area contributed by atoms with Crippen molar-refractivity contribution in [1.82, 2.24) is 9.97 Å². The molecule has 0 fully saturated rings. The van der Waals surface area contributed by atoms with Crippen LogP contribution < -0.4 is 15.8 Å². The third kappa shape index (κ3) is 5.85. The highest BCUT2D eigenvalue weighted by Crippen LogP contribution is 2.29. The maximum atomic E-state index is 14.6. The van der Waals surface area contributed by atoms with Crippen molar-refractivity contribution >= 4 is 11.9 Å². The number of nitrogens with one attached hydrogen (secondary N) is 1. The van der Waals surface area contributed by atoms with Gasteiger partial charge in [-0.05, 0) is 25.3 Å². The van der Waals surface area contributed by atoms with Crippen LogP contribution >= 0.6 is 0 Å². The first-order valence-corrected chi connectivity index (χ1v) is 8.69. The van der Waals surface area contributed by atoms with Gasteiger partial charge in [-0.2, -0.15) is 0 Å². The molecule has 0 aliphatic carbocycles. The van der Waals surface area contributed by atoms with Gasteiger partial charge in [-0.15, -0.1) is 0 Å². The van der Waals surface area contributed by atoms with Crippen molar-refractivity contribution in [2.24, 2.45) is 11.7 Å². The monoisotopic (exact) mass is 394 g/mol. The lowest BCUT2D eigenvalue weighted by Crippen LogP contribution is -2.43. The molecule has 1 aromatic carbocycles. The number of carbonyl (C=O) groups excluding carboxylic acids is 1. The number of hydrogen-bond donors (Lipinski definition) is 2. The van der Waals surface area contributed by atoms with Crippen LogP contribution in [0.2, 0.25) is 0 Å². The highest BCUT2D eigenvalue weighted by Gasteiger charge is 2.22. The minimum absolute atomic E-state index is 0.0432. The summed E-state index contributed by atoms with van der Waals surface area (Å²) in [7, 11) is 1.19. The molecule has 0 unspecified atom stereocenters. The first kappa shape index (κ1) is 21.5. The first-order chi connectivity index (χ1) is 13.1. The lowest BCUT2D eigenvalue weighted by atomic mass is 9.93. The number of aromatic nitrogens is 2. The summed E-state index contributed by atoms with van der Waals surface area (Å²) in [5, 5.41) is 2.33. The van der Waals surface area contributed by atoms with Gasteiger partial charge in [0, 0.05) is 23.2 Å². The number of halogens is 2. The molecule has 0 aliphatic heterocycles. The second-order valence-electron chi connectivity index (χ2n) is 7.21. The van der Waals surface area contributed by atoms with E-state index in [1.54, 1.807) is 6.92 Å². The van der Waals surface area contributed by atoms with Crippen molar-refractivity contribution in [2.45, 2.75) is 32.7 Å². The third-order valence-electron chi connectivity index (χ3n) is 3.81. The maximum Gasteiger partial charge on any atom is 0.412 e. The molecule has 7 nitrogen and oxygen atoms in total. The van der Waals surface area contributed by atoms with Crippen LogP contribution in [-0.2, 0) is 4.74 Å². The number of anilines is 1. The fourth-order valence-corrected chi connectivity index (χ4v) is 2.80. The fraction of sp³-hybridized carbons (Fsp3) is 0.421. The summed E-state index contributed by atoms with van der Waals surface area (Å²) in [4.78, 5) is 19.0. The molecule has 0 spiro atoms. The number of methoxy groups -OCH3 is 1. The van der Waals surface area contributed by atoms with Crippen LogP contribution in [0.3, 0.4) is 0 Å². The smallest absolute Gasteiger partial charge is 0.412 e. The Morgan fingerprint density at radius 2 is 1.96 bits per heavy atom. The average Bonchev–Trinajstić information content (AvgIpc) is 2.61. The summed E-state index contributed by atoms with van der Waals surface area (Å²) in [5.41, 5.74) is 5.46. The van der Waals surface area contributed by atoms with E-state index < -0.39 is 23.3 Å². The molecule has 1 amide bonds. The van der Waals surface area contributed by atoms with Gasteiger partial charge in [-0.25, -0.2) is 23.5 Å². The lowest BCUT2D eigenvalue weighted by Gasteiger charge is -2.26. The van der Waals surface area contributed by atoms with E-state index in [9.17, 15) is 13.6 Å². The van der Waals surface area contributed by atoms with E-state index >= 15 is 0 Å². The molecule has 0 saturated heterocycles. The molecule has 1 heterocycles. The predicted molar refractivity (Wildman–Crippen MR) is 101 cm³/mol. The number of hydrogen-bond acceptors (Lipinski definition) is 6. The van der Waals surface area contributed by atoms with Crippen LogP contribution in [0.1, 0.15) is 27.2 Å². The van der Waals surface area contributed by atoms with E-state index in [0.29, 0.717) is 12.3 Å². The number of ether oxygens (including phenoxy) is 2. The first-order valence-electron chi connectivity index (χ1n) is 8.69. The van der Waals surface area contributed by atoms with Gasteiger partial charge >= 0.3 is 6.09 Å². The largest absolute Gasteiger partial charge is 0.489 e. The molecular weight excluding hydrogens is 370 g/mol. The predicted octanol–water partition coefficient (Wildman–Crippen LogP) is 3.74. The Hall–Kier alpha value is -2.81. The summed E-state index contributed by atoms with van der Waals surface area (Å²) in [6.45, 7) is 5.88. The fourth-order valence-electron chi connectivity index (χ4n) is 2.80. The lowest BCUT2D eigenvalue weighted by molar-refractivity contribution is 0.187. The van der Waals surface area contributed by atoms with Gasteiger partial charge in [-0.3, -0.25) is 5.32 Å². The number of carbonyl (C=O) groups is 1. The second-order valence-corrected chi connectivity index (χ2v) is 7.21. The average molecular weight is 394 g/mol. The molecule has 0 saturated carbocycles. The van der Waals surface area contributed by atoms with Crippen LogP contribution in [0.25, 0.3) is 11.3 Å². The standard InChI is InChI=1S/C19H24F2N4O3/c1-11(2)8-19(3,22)9-28-16-6-13(20)12(5-14(16)21)15-7-17(24-10-23-15)25-18(26)27-4/h5-7,10-11H,8-9,22H2,1-4H3,(H,23,24,25,26)/t19-/m0/s1. The summed E-state index contributed by atoms with van der Waals surface area (Å²) in [6.07, 6.45) is 1.05. The van der Waals surface area contributed by atoms with Gasteiger partial charge in [0.1, 0.15) is 24.6 Å². The zero-order valence-corrected chi connectivity index (χ0v) is 16.3. The van der Waals surface area contributed by atoms with Crippen LogP contribution in [0.5, 0.6) is 5.75 Å². The van der Waals surface area contributed by atoms with Crippen molar-refractivity contribution < 1.29 is 23.0 Å². The topological polar surface area (TPSA) is 99.4 Å². The summed E-state index contributed by atoms with van der Waals surface area (Å²) < 4.78 is 38.9. The molecule has 3 N–H and O–H groups in total. The molecule has 152 valence electrons. The second kappa shape index (κ2) is 8.92. The molecule has 0 bridgehead atoms. The van der Waals surface area contributed by atoms with E-state index in [0.717, 1.165) is 18.5 Å². The Bertz CT molecular complexity index is 844. The molecule has 0 radical (unpaired) electrons. The molecule has 1 aromatic heterocycles. The molecule has 0 aliphatic rings. The van der Waals surface area contributed by atoms with E-state index in [2.05, 4.69) is 20.0 Å². The van der Waals surface area contributed by atoms with Gasteiger partial charge < -0.3 is 15.2 Å². The van der Waals surface area contributed by atoms with E-state index in [-0.39, 0.29) is 29.4 Å². The minimum atomic E-state index is -0.752. The number of nitrogens with zero attached hydrogens (tertiary/aromatic N) is 2. The van der Waals surface area contributed by atoms with Gasteiger partial charge in [-0.1, -0.05) is 13.8 Å². The Kier molecular flexibility index (Phi) is 6.85. The van der Waals surface area contributed by atoms with Crippen molar-refractivity contribution in [3.8, 4) is 17.0 Å². The quantitative estimate of drug-likeness (QED) is 0.742. The maximum absolute atomic E-state index is 14.6. The zero-order valence-electron chi connectivity index (χ0n) is 16.3. The number of rotatable bonds is 7. The van der Waals surface area contributed by atoms with Crippen molar-refractivity contribution in [2.75, 3.05) is 19.0 Å². The molecule has 2 rings (SSSR count). The van der Waals surface area contributed by atoms with Gasteiger partial charge in [0.2, 0.25) is 0 Å². The normalized spacial score (nSPS) is 13.1. The Morgan fingerprint density at radius 3 is 2.61 bits per heavy atom. The summed E-state index contributed by atoms with van der Waals surface area (Å²) in [5.74, 6) is -1.29. The van der Waals surface area contributed by atoms with Crippen molar-refractivity contribution in [3.05, 3.63) is 36.2 Å². The Balaban J connectivity index is 2.22. The van der Waals surface area contributed by atoms with Gasteiger partial charge in [0.05, 0.1) is 12.8 Å². The Labute approximate surface area is 162 Å². The molecule has 28 heavy (non-hydrogen) atoms. The molecule has 1 atom stereocenters. The van der Waals surface area contributed by atoms with Crippen LogP contribution in [0.4, 0.5) is 19.4 Å². The number of benzene rings is 1. The SMILES string of the molecule is COC(=O)Nc1cc(-c2cc(F)c(OC[C@@](C)(N)CC(C)C)cc2F)ncn1. The van der Waals surface area contributed by atoms with Gasteiger partial charge in [0.25, 0.3) is 0 Å². The van der Waals surface area contributed by atoms with Crippen LogP contribution in [0, 0.1) is 17.6 Å². The Morgan fingerprint density at radius 1 is 1.25 bits per heavy atom. The highest BCUT2D eigenvalue weighted by atomic mass is 19.1. The van der Waals surface area contributed by atoms with Gasteiger partial charge in [0.15, 0.2) is 11.6 Å². The van der Waals surface area contributed by atoms with Crippen LogP contribution in [0.15, 0.2) is 24.5 Å². The highest BCUT2D eigenvalue weighted by molar-refractivity contribution is 5.83. The van der Waals surface area contributed by atoms with Crippen LogP contribution in [-0.4, -0.2) is 35.3 Å². The number of amides is 1. The van der Waals surface area contributed by atoms with E-state index in [4.69, 9.17) is 10.5 Å². The number of nitrogens with two attached hydrogens (primary N) is 1. The summed E-state index contributed by atoms with van der Waals surface area (Å²) >= 11 is 0. The van der Waals surface area contributed by atoms with E-state index in [1.807, 2.05) is 13.8 Å². The molecule has 9 heteroatoms. The van der Waals surface area contributed by atoms with Crippen molar-refractivity contribution in [1.29, 1.82) is 0 Å².